The molecule has 0 aromatic rings. The van der Waals surface area contributed by atoms with Crippen molar-refractivity contribution < 1.29 is 73.7 Å². The van der Waals surface area contributed by atoms with Crippen molar-refractivity contribution in [3.63, 3.8) is 0 Å². The van der Waals surface area contributed by atoms with Crippen LogP contribution in [0.2, 0.25) is 0 Å². The summed E-state index contributed by atoms with van der Waals surface area (Å²) in [6.07, 6.45) is 1.03. The number of nitrogens with one attached hydrogen (secondary N) is 1. The Labute approximate surface area is 238 Å². The average Bonchev–Trinajstić information content (AvgIpc) is 2.83. The number of hydrogen-bond donors (Lipinski definition) is 1. The molecule has 0 aliphatic heterocycles. The zero-order valence-corrected chi connectivity index (χ0v) is 26.4. The first-order valence-electron chi connectivity index (χ1n) is 12.1. The predicted octanol–water partition coefficient (Wildman–Crippen LogP) is 1.42. The molecule has 0 saturated heterocycles. The van der Waals surface area contributed by atoms with Crippen LogP contribution in [0.4, 0.5) is 0 Å². The van der Waals surface area contributed by atoms with E-state index >= 15 is 0 Å². The third kappa shape index (κ3) is 39.3. The second kappa shape index (κ2) is 39.2. The van der Waals surface area contributed by atoms with E-state index < -0.39 is 0 Å². The molecule has 0 fully saturated rings. The van der Waals surface area contributed by atoms with Gasteiger partial charge in [0.05, 0.1) is 106 Å². The molecule has 0 amide bonds. The maximum atomic E-state index is 5.49. The van der Waals surface area contributed by atoms with E-state index in [1.54, 1.807) is 0 Å². The van der Waals surface area contributed by atoms with Crippen LogP contribution in [-0.2, 0) is 42.6 Å². The van der Waals surface area contributed by atoms with Gasteiger partial charge < -0.3 is 62.3 Å². The molecule has 210 valence electrons. The van der Waals surface area contributed by atoms with Crippen LogP contribution >= 0.6 is 0 Å². The summed E-state index contributed by atoms with van der Waals surface area (Å²) in [6.45, 7) is 17.8. The standard InChI is InChI=1S/C23H48NO9.CH3.U/c1-3-7-26-12-14-29-16-18-31-20-22-33-23-21-32-19-17-30-15-13-28-9-6-24-5-8-27-11-10-25-4-2;;/h24H,2-23H2,1H3;1H3;/q2*-1;+2. The molecule has 0 aliphatic rings. The molecule has 0 aromatic carbocycles. The Balaban J connectivity index is -0.00000512. The molecule has 11 heteroatoms. The van der Waals surface area contributed by atoms with Gasteiger partial charge in [-0.2, -0.15) is 0 Å². The monoisotopic (exact) mass is 735 g/mol. The SMILES string of the molecule is [CH2-]COCCOCCNCCOCCOCCOCCOCCOCCOCCOCCC.[CH3-].[U+2]. The zero-order valence-electron chi connectivity index (χ0n) is 22.2. The quantitative estimate of drug-likeness (QED) is 0.0864. The third-order valence-electron chi connectivity index (χ3n) is 3.94. The molecule has 0 aromatic heterocycles. The molecule has 0 heterocycles. The van der Waals surface area contributed by atoms with Crippen LogP contribution in [0.5, 0.6) is 0 Å². The Hall–Kier alpha value is 0.652. The van der Waals surface area contributed by atoms with Crippen LogP contribution in [0.25, 0.3) is 0 Å². The summed E-state index contributed by atoms with van der Waals surface area (Å²) in [7, 11) is 0. The van der Waals surface area contributed by atoms with E-state index in [2.05, 4.69) is 19.2 Å². The zero-order chi connectivity index (χ0) is 23.9. The number of hydrogen-bond acceptors (Lipinski definition) is 10. The third-order valence-corrected chi connectivity index (χ3v) is 3.94. The molecular formula is C24H51NO9U. The molecule has 1 N–H and O–H groups in total. The Morgan fingerprint density at radius 1 is 0.429 bits per heavy atom. The first-order valence-corrected chi connectivity index (χ1v) is 12.1. The fourth-order valence-corrected chi connectivity index (χ4v) is 2.30. The Morgan fingerprint density at radius 3 is 0.971 bits per heavy atom. The van der Waals surface area contributed by atoms with Gasteiger partial charge in [-0.15, -0.1) is 0 Å². The van der Waals surface area contributed by atoms with E-state index in [-0.39, 0.29) is 38.5 Å². The minimum atomic E-state index is 0. The largest absolute Gasteiger partial charge is 2.00 e. The summed E-state index contributed by atoms with van der Waals surface area (Å²) in [5.41, 5.74) is 0. The van der Waals surface area contributed by atoms with E-state index in [4.69, 9.17) is 42.6 Å². The van der Waals surface area contributed by atoms with Crippen LogP contribution in [0.15, 0.2) is 0 Å². The van der Waals surface area contributed by atoms with Gasteiger partial charge in [-0.3, -0.25) is 0 Å². The summed E-state index contributed by atoms with van der Waals surface area (Å²) in [4.78, 5) is 0. The van der Waals surface area contributed by atoms with E-state index in [1.165, 1.54) is 0 Å². The van der Waals surface area contributed by atoms with Crippen LogP contribution in [0, 0.1) is 45.5 Å². The second-order valence-electron chi connectivity index (χ2n) is 6.76. The average molecular weight is 736 g/mol. The molecule has 0 atom stereocenters. The number of rotatable bonds is 30. The van der Waals surface area contributed by atoms with Crippen molar-refractivity contribution in [2.45, 2.75) is 13.3 Å². The van der Waals surface area contributed by atoms with Crippen molar-refractivity contribution in [2.24, 2.45) is 0 Å². The van der Waals surface area contributed by atoms with Crippen LogP contribution < -0.4 is 5.32 Å². The van der Waals surface area contributed by atoms with Gasteiger partial charge in [0.1, 0.15) is 0 Å². The van der Waals surface area contributed by atoms with E-state index in [1.807, 2.05) is 0 Å². The molecule has 0 unspecified atom stereocenters. The number of ether oxygens (including phenoxy) is 9. The minimum Gasteiger partial charge on any atom is -0.411 e. The maximum Gasteiger partial charge on any atom is 2.00 e. The molecule has 10 nitrogen and oxygen atoms in total. The summed E-state index contributed by atoms with van der Waals surface area (Å²) < 4.78 is 48.4. The smallest absolute Gasteiger partial charge is 0.411 e. The molecular weight excluding hydrogens is 684 g/mol. The van der Waals surface area contributed by atoms with Gasteiger partial charge in [-0.25, -0.2) is 0 Å². The van der Waals surface area contributed by atoms with Crippen LogP contribution in [0.3, 0.4) is 0 Å². The van der Waals surface area contributed by atoms with Gasteiger partial charge in [0.25, 0.3) is 0 Å². The van der Waals surface area contributed by atoms with Gasteiger partial charge in [0, 0.05) is 19.7 Å². The normalized spacial score (nSPS) is 10.8. The first kappa shape index (κ1) is 40.2. The van der Waals surface area contributed by atoms with E-state index in [0.29, 0.717) is 112 Å². The topological polar surface area (TPSA) is 95.1 Å². The van der Waals surface area contributed by atoms with Gasteiger partial charge in [0.2, 0.25) is 0 Å². The summed E-state index contributed by atoms with van der Waals surface area (Å²) in [5, 5.41) is 3.25. The van der Waals surface area contributed by atoms with Gasteiger partial charge >= 0.3 is 31.1 Å². The molecule has 0 bridgehead atoms. The van der Waals surface area contributed by atoms with Crippen LogP contribution in [-0.4, -0.2) is 132 Å². The summed E-state index contributed by atoms with van der Waals surface area (Å²) >= 11 is 0. The fraction of sp³-hybridized carbons (Fsp3) is 0.917. The molecule has 0 saturated carbocycles. The fourth-order valence-electron chi connectivity index (χ4n) is 2.30. The van der Waals surface area contributed by atoms with E-state index in [0.717, 1.165) is 26.1 Å². The van der Waals surface area contributed by atoms with Crippen LogP contribution in [0.1, 0.15) is 13.3 Å². The summed E-state index contributed by atoms with van der Waals surface area (Å²) in [6, 6.07) is 0. The maximum absolute atomic E-state index is 5.49. The van der Waals surface area contributed by atoms with Crippen molar-refractivity contribution in [3.8, 4) is 0 Å². The first-order chi connectivity index (χ1) is 16.4. The predicted molar refractivity (Wildman–Crippen MR) is 132 cm³/mol. The Bertz CT molecular complexity index is 318. The van der Waals surface area contributed by atoms with Gasteiger partial charge in [-0.05, 0) is 6.42 Å². The van der Waals surface area contributed by atoms with Crippen molar-refractivity contribution in [2.75, 3.05) is 132 Å². The van der Waals surface area contributed by atoms with Crippen molar-refractivity contribution in [1.29, 1.82) is 0 Å². The minimum absolute atomic E-state index is 0. The summed E-state index contributed by atoms with van der Waals surface area (Å²) in [5.74, 6) is 0. The van der Waals surface area contributed by atoms with Crippen molar-refractivity contribution in [3.05, 3.63) is 14.4 Å². The van der Waals surface area contributed by atoms with Crippen molar-refractivity contribution in [1.82, 2.24) is 5.32 Å². The van der Waals surface area contributed by atoms with Crippen molar-refractivity contribution >= 4 is 0 Å². The molecule has 0 spiro atoms. The van der Waals surface area contributed by atoms with Gasteiger partial charge in [-0.1, -0.05) is 13.5 Å². The molecule has 0 radical (unpaired) electrons. The molecule has 35 heavy (non-hydrogen) atoms. The Morgan fingerprint density at radius 2 is 0.686 bits per heavy atom. The molecule has 0 aliphatic carbocycles. The molecule has 0 rings (SSSR count). The van der Waals surface area contributed by atoms with Gasteiger partial charge in [0.15, 0.2) is 0 Å². The second-order valence-corrected chi connectivity index (χ2v) is 6.76. The van der Waals surface area contributed by atoms with E-state index in [9.17, 15) is 0 Å². The Kier molecular flexibility index (Phi) is 44.9.